The summed E-state index contributed by atoms with van der Waals surface area (Å²) in [5.74, 6) is 0.0147. The minimum Gasteiger partial charge on any atom is -0.441 e. The smallest absolute Gasteiger partial charge is 0.228 e. The summed E-state index contributed by atoms with van der Waals surface area (Å²) in [5.41, 5.74) is 0.519. The predicted molar refractivity (Wildman–Crippen MR) is 58.6 cm³/mol. The number of carbonyl (C=O) groups excluding carboxylic acids is 1. The van der Waals surface area contributed by atoms with E-state index in [2.05, 4.69) is 0 Å². The summed E-state index contributed by atoms with van der Waals surface area (Å²) in [5, 5.41) is 0.788. The Hall–Kier alpha value is -1.25. The molecule has 0 atom stereocenters. The van der Waals surface area contributed by atoms with Crippen molar-refractivity contribution in [1.29, 1.82) is 0 Å². The van der Waals surface area contributed by atoms with Gasteiger partial charge in [0.2, 0.25) is 5.78 Å². The number of hydrogen-bond donors (Lipinski definition) is 0. The topological polar surface area (TPSA) is 30.2 Å². The molecule has 0 N–H and O–H groups in total. The van der Waals surface area contributed by atoms with Crippen molar-refractivity contribution in [2.45, 2.75) is 0 Å². The first-order chi connectivity index (χ1) is 7.16. The molecule has 15 heavy (non-hydrogen) atoms. The summed E-state index contributed by atoms with van der Waals surface area (Å²) in [4.78, 5) is 11.8. The lowest BCUT2D eigenvalue weighted by molar-refractivity contribution is 0.101. The van der Waals surface area contributed by atoms with E-state index >= 15 is 0 Å². The highest BCUT2D eigenvalue weighted by atomic mass is 35.5. The van der Waals surface area contributed by atoms with Crippen LogP contribution in [0.2, 0.25) is 10.2 Å². The molecule has 0 fully saturated rings. The van der Waals surface area contributed by atoms with E-state index in [4.69, 9.17) is 27.6 Å². The second kappa shape index (κ2) is 4.09. The van der Waals surface area contributed by atoms with Gasteiger partial charge >= 0.3 is 0 Å². The highest BCUT2D eigenvalue weighted by Gasteiger charge is 2.12. The van der Waals surface area contributed by atoms with Crippen LogP contribution in [-0.2, 0) is 0 Å². The number of halogens is 2. The molecule has 0 spiro atoms. The van der Waals surface area contributed by atoms with Gasteiger partial charge in [0.05, 0.1) is 0 Å². The predicted octanol–water partition coefficient (Wildman–Crippen LogP) is 3.82. The number of benzene rings is 1. The van der Waals surface area contributed by atoms with E-state index in [1.54, 1.807) is 30.3 Å². The number of rotatable bonds is 2. The second-order valence-electron chi connectivity index (χ2n) is 2.94. The Bertz CT molecular complexity index is 486. The van der Waals surface area contributed by atoms with Crippen molar-refractivity contribution in [3.8, 4) is 0 Å². The number of hydrogen-bond acceptors (Lipinski definition) is 2. The van der Waals surface area contributed by atoms with Crippen molar-refractivity contribution in [3.05, 3.63) is 58.0 Å². The van der Waals surface area contributed by atoms with Crippen molar-refractivity contribution in [3.63, 3.8) is 0 Å². The van der Waals surface area contributed by atoms with Crippen molar-refractivity contribution >= 4 is 29.0 Å². The van der Waals surface area contributed by atoms with Crippen LogP contribution in [0.5, 0.6) is 0 Å². The lowest BCUT2D eigenvalue weighted by Crippen LogP contribution is -1.98. The third kappa shape index (κ3) is 2.22. The van der Waals surface area contributed by atoms with Gasteiger partial charge in [-0.1, -0.05) is 11.6 Å². The third-order valence-corrected chi connectivity index (χ3v) is 2.36. The Morgan fingerprint density at radius 3 is 2.20 bits per heavy atom. The van der Waals surface area contributed by atoms with Crippen LogP contribution in [0.1, 0.15) is 16.1 Å². The maximum Gasteiger partial charge on any atom is 0.228 e. The van der Waals surface area contributed by atoms with Gasteiger partial charge in [-0.2, -0.15) is 0 Å². The van der Waals surface area contributed by atoms with Gasteiger partial charge in [0.15, 0.2) is 11.0 Å². The molecule has 76 valence electrons. The molecule has 4 heteroatoms. The second-order valence-corrected chi connectivity index (χ2v) is 3.75. The van der Waals surface area contributed by atoms with E-state index in [1.807, 2.05) is 0 Å². The van der Waals surface area contributed by atoms with Gasteiger partial charge in [-0.05, 0) is 48.0 Å². The molecule has 1 heterocycles. The van der Waals surface area contributed by atoms with Gasteiger partial charge in [0.25, 0.3) is 0 Å². The monoisotopic (exact) mass is 240 g/mol. The minimum atomic E-state index is -0.210. The SMILES string of the molecule is O=C(c1ccc(Cl)cc1)c1ccc(Cl)o1. The van der Waals surface area contributed by atoms with Crippen LogP contribution >= 0.6 is 23.2 Å². The molecular formula is C11H6Cl2O2. The van der Waals surface area contributed by atoms with Crippen molar-refractivity contribution in [2.24, 2.45) is 0 Å². The molecule has 0 saturated carbocycles. The quantitative estimate of drug-likeness (QED) is 0.748. The van der Waals surface area contributed by atoms with E-state index in [9.17, 15) is 4.79 Å². The zero-order chi connectivity index (χ0) is 10.8. The van der Waals surface area contributed by atoms with Gasteiger partial charge in [-0.15, -0.1) is 0 Å². The highest BCUT2D eigenvalue weighted by Crippen LogP contribution is 2.18. The number of carbonyl (C=O) groups is 1. The molecule has 0 radical (unpaired) electrons. The molecule has 2 nitrogen and oxygen atoms in total. The molecule has 0 unspecified atom stereocenters. The van der Waals surface area contributed by atoms with Crippen LogP contribution in [0.15, 0.2) is 40.8 Å². The maximum absolute atomic E-state index is 11.8. The molecule has 0 aliphatic rings. The summed E-state index contributed by atoms with van der Waals surface area (Å²) in [6, 6.07) is 9.66. The zero-order valence-electron chi connectivity index (χ0n) is 7.54. The van der Waals surface area contributed by atoms with Gasteiger partial charge in [-0.3, -0.25) is 4.79 Å². The maximum atomic E-state index is 11.8. The Labute approximate surface area is 96.4 Å². The lowest BCUT2D eigenvalue weighted by Gasteiger charge is -1.97. The first-order valence-corrected chi connectivity index (χ1v) is 4.98. The number of furan rings is 1. The molecular weight excluding hydrogens is 235 g/mol. The standard InChI is InChI=1S/C11H6Cl2O2/c12-8-3-1-7(2-4-8)11(14)9-5-6-10(13)15-9/h1-6H. The van der Waals surface area contributed by atoms with E-state index < -0.39 is 0 Å². The molecule has 1 aromatic heterocycles. The molecule has 0 amide bonds. The van der Waals surface area contributed by atoms with Crippen LogP contribution in [0, 0.1) is 0 Å². The van der Waals surface area contributed by atoms with Gasteiger partial charge in [0.1, 0.15) is 0 Å². The fourth-order valence-electron chi connectivity index (χ4n) is 1.18. The fourth-order valence-corrected chi connectivity index (χ4v) is 1.45. The summed E-state index contributed by atoms with van der Waals surface area (Å²) < 4.78 is 5.01. The van der Waals surface area contributed by atoms with Crippen molar-refractivity contribution in [1.82, 2.24) is 0 Å². The zero-order valence-corrected chi connectivity index (χ0v) is 9.05. The van der Waals surface area contributed by atoms with Crippen LogP contribution < -0.4 is 0 Å². The highest BCUT2D eigenvalue weighted by molar-refractivity contribution is 6.30. The van der Waals surface area contributed by atoms with Crippen LogP contribution in [0.3, 0.4) is 0 Å². The summed E-state index contributed by atoms with van der Waals surface area (Å²) in [6.07, 6.45) is 0. The third-order valence-electron chi connectivity index (χ3n) is 1.90. The lowest BCUT2D eigenvalue weighted by atomic mass is 10.1. The largest absolute Gasteiger partial charge is 0.441 e. The Morgan fingerprint density at radius 1 is 1.00 bits per heavy atom. The van der Waals surface area contributed by atoms with Crippen molar-refractivity contribution < 1.29 is 9.21 Å². The Kier molecular flexibility index (Phi) is 2.80. The normalized spacial score (nSPS) is 10.3. The average molecular weight is 241 g/mol. The van der Waals surface area contributed by atoms with Gasteiger partial charge in [0, 0.05) is 10.6 Å². The van der Waals surface area contributed by atoms with E-state index in [0.717, 1.165) is 0 Å². The molecule has 0 aliphatic carbocycles. The Balaban J connectivity index is 2.32. The molecule has 0 aliphatic heterocycles. The minimum absolute atomic E-state index is 0.201. The average Bonchev–Trinajstić information content (AvgIpc) is 2.65. The first-order valence-electron chi connectivity index (χ1n) is 4.22. The van der Waals surface area contributed by atoms with Crippen LogP contribution in [0.25, 0.3) is 0 Å². The first kappa shape index (κ1) is 10.3. The molecule has 2 rings (SSSR count). The summed E-state index contributed by atoms with van der Waals surface area (Å²) in [7, 11) is 0. The van der Waals surface area contributed by atoms with E-state index in [-0.39, 0.29) is 16.8 Å². The fraction of sp³-hybridized carbons (Fsp3) is 0. The number of ketones is 1. The van der Waals surface area contributed by atoms with Gasteiger partial charge in [-0.25, -0.2) is 0 Å². The molecule has 2 aromatic rings. The summed E-state index contributed by atoms with van der Waals surface area (Å²) in [6.45, 7) is 0. The van der Waals surface area contributed by atoms with Crippen LogP contribution in [-0.4, -0.2) is 5.78 Å². The molecule has 1 aromatic carbocycles. The molecule has 0 bridgehead atoms. The van der Waals surface area contributed by atoms with Gasteiger partial charge < -0.3 is 4.42 Å². The van der Waals surface area contributed by atoms with E-state index in [0.29, 0.717) is 10.6 Å². The Morgan fingerprint density at radius 2 is 1.67 bits per heavy atom. The van der Waals surface area contributed by atoms with Crippen molar-refractivity contribution in [2.75, 3.05) is 0 Å². The van der Waals surface area contributed by atoms with E-state index in [1.165, 1.54) is 6.07 Å². The molecule has 0 saturated heterocycles. The van der Waals surface area contributed by atoms with Crippen LogP contribution in [0.4, 0.5) is 0 Å². The summed E-state index contributed by atoms with van der Waals surface area (Å²) >= 11 is 11.3.